The number of carbonyl (C=O) groups excluding carboxylic acids is 1. The van der Waals surface area contributed by atoms with Crippen molar-refractivity contribution in [3.63, 3.8) is 0 Å². The summed E-state index contributed by atoms with van der Waals surface area (Å²) in [6, 6.07) is 0. The number of rotatable bonds is 2. The molecule has 0 aromatic carbocycles. The largest absolute Gasteiger partial charge is 0.358 e. The van der Waals surface area contributed by atoms with Crippen molar-refractivity contribution >= 4 is 5.91 Å². The Balaban J connectivity index is 4.46. The van der Waals surface area contributed by atoms with Crippen LogP contribution in [-0.2, 0) is 4.79 Å². The van der Waals surface area contributed by atoms with Crippen LogP contribution in [0.5, 0.6) is 0 Å². The van der Waals surface area contributed by atoms with Crippen molar-refractivity contribution in [2.75, 3.05) is 7.05 Å². The number of nitrogens with one attached hydrogen (secondary N) is 1. The van der Waals surface area contributed by atoms with Crippen molar-refractivity contribution in [1.29, 1.82) is 0 Å². The van der Waals surface area contributed by atoms with Crippen LogP contribution < -0.4 is 5.32 Å². The minimum Gasteiger partial charge on any atom is -0.358 e. The van der Waals surface area contributed by atoms with Crippen LogP contribution in [0.25, 0.3) is 0 Å². The summed E-state index contributed by atoms with van der Waals surface area (Å²) in [5, 5.41) is 2.63. The molecule has 1 amide bonds. The predicted molar refractivity (Wildman–Crippen MR) is 47.3 cm³/mol. The van der Waals surface area contributed by atoms with Gasteiger partial charge in [0, 0.05) is 7.05 Å². The topological polar surface area (TPSA) is 29.1 Å². The van der Waals surface area contributed by atoms with Gasteiger partial charge in [-0.05, 0) is 27.7 Å². The van der Waals surface area contributed by atoms with Crippen LogP contribution in [0, 0.1) is 5.41 Å². The van der Waals surface area contributed by atoms with Crippen molar-refractivity contribution in [1.82, 2.24) is 5.32 Å². The van der Waals surface area contributed by atoms with Gasteiger partial charge in [0.05, 0.1) is 5.41 Å². The molecule has 0 radical (unpaired) electrons. The molecule has 0 saturated heterocycles. The number of hydrogen-bond acceptors (Lipinski definition) is 1. The van der Waals surface area contributed by atoms with E-state index in [2.05, 4.69) is 5.32 Å². The molecular formula is C9H17NO. The van der Waals surface area contributed by atoms with Crippen LogP contribution in [0.2, 0.25) is 0 Å². The summed E-state index contributed by atoms with van der Waals surface area (Å²) in [5.74, 6) is 0.0544. The fourth-order valence-electron chi connectivity index (χ4n) is 1.11. The Hall–Kier alpha value is -0.790. The normalized spacial score (nSPS) is 10.6. The maximum atomic E-state index is 11.2. The Morgan fingerprint density at radius 2 is 1.82 bits per heavy atom. The maximum Gasteiger partial charge on any atom is 0.229 e. The third kappa shape index (κ3) is 3.21. The minimum atomic E-state index is -0.381. The Kier molecular flexibility index (Phi) is 3.30. The second-order valence-electron chi connectivity index (χ2n) is 3.52. The first-order valence-electron chi connectivity index (χ1n) is 3.78. The van der Waals surface area contributed by atoms with Crippen LogP contribution in [0.15, 0.2) is 11.6 Å². The molecule has 2 heteroatoms. The average molecular weight is 155 g/mol. The molecular weight excluding hydrogens is 138 g/mol. The summed E-state index contributed by atoms with van der Waals surface area (Å²) in [4.78, 5) is 11.2. The lowest BCUT2D eigenvalue weighted by molar-refractivity contribution is -0.126. The van der Waals surface area contributed by atoms with Crippen LogP contribution in [0.4, 0.5) is 0 Å². The van der Waals surface area contributed by atoms with Gasteiger partial charge >= 0.3 is 0 Å². The van der Waals surface area contributed by atoms with Crippen molar-refractivity contribution < 1.29 is 4.79 Å². The summed E-state index contributed by atoms with van der Waals surface area (Å²) in [5.41, 5.74) is 0.784. The van der Waals surface area contributed by atoms with E-state index < -0.39 is 0 Å². The van der Waals surface area contributed by atoms with Crippen molar-refractivity contribution in [3.05, 3.63) is 11.6 Å². The van der Waals surface area contributed by atoms with Gasteiger partial charge in [-0.3, -0.25) is 4.79 Å². The van der Waals surface area contributed by atoms with Gasteiger partial charge in [-0.25, -0.2) is 0 Å². The molecule has 0 aromatic heterocycles. The number of amides is 1. The van der Waals surface area contributed by atoms with E-state index in [4.69, 9.17) is 0 Å². The number of allylic oxidation sites excluding steroid dienone is 1. The molecule has 2 nitrogen and oxygen atoms in total. The predicted octanol–water partition coefficient (Wildman–Crippen LogP) is 1.72. The summed E-state index contributed by atoms with van der Waals surface area (Å²) >= 11 is 0. The van der Waals surface area contributed by atoms with Gasteiger partial charge in [-0.1, -0.05) is 11.6 Å². The van der Waals surface area contributed by atoms with Crippen LogP contribution >= 0.6 is 0 Å². The van der Waals surface area contributed by atoms with Crippen molar-refractivity contribution in [2.45, 2.75) is 27.7 Å². The van der Waals surface area contributed by atoms with Crippen molar-refractivity contribution in [2.24, 2.45) is 5.41 Å². The lowest BCUT2D eigenvalue weighted by Crippen LogP contribution is -2.32. The highest BCUT2D eigenvalue weighted by Crippen LogP contribution is 2.18. The van der Waals surface area contributed by atoms with E-state index >= 15 is 0 Å². The van der Waals surface area contributed by atoms with E-state index in [0.29, 0.717) is 0 Å². The zero-order valence-corrected chi connectivity index (χ0v) is 7.99. The first kappa shape index (κ1) is 10.2. The summed E-state index contributed by atoms with van der Waals surface area (Å²) in [6.45, 7) is 7.78. The van der Waals surface area contributed by atoms with E-state index in [1.807, 2.05) is 33.8 Å². The maximum absolute atomic E-state index is 11.2. The summed E-state index contributed by atoms with van der Waals surface area (Å²) in [7, 11) is 1.66. The van der Waals surface area contributed by atoms with Gasteiger partial charge in [0.2, 0.25) is 5.91 Å². The molecule has 0 bridgehead atoms. The third-order valence-electron chi connectivity index (χ3n) is 1.46. The highest BCUT2D eigenvalue weighted by Gasteiger charge is 2.22. The van der Waals surface area contributed by atoms with Gasteiger partial charge in [-0.2, -0.15) is 0 Å². The van der Waals surface area contributed by atoms with Crippen LogP contribution in [0.3, 0.4) is 0 Å². The molecule has 0 fully saturated rings. The van der Waals surface area contributed by atoms with Crippen LogP contribution in [0.1, 0.15) is 27.7 Å². The Bertz CT molecular complexity index is 176. The second-order valence-corrected chi connectivity index (χ2v) is 3.52. The van der Waals surface area contributed by atoms with E-state index in [1.54, 1.807) is 7.05 Å². The van der Waals surface area contributed by atoms with Crippen molar-refractivity contribution in [3.8, 4) is 0 Å². The lowest BCUT2D eigenvalue weighted by atomic mass is 9.90. The molecule has 0 heterocycles. The molecule has 64 valence electrons. The number of hydrogen-bond donors (Lipinski definition) is 1. The molecule has 0 aliphatic rings. The van der Waals surface area contributed by atoms with E-state index in [9.17, 15) is 4.79 Å². The molecule has 0 aliphatic heterocycles. The van der Waals surface area contributed by atoms with E-state index in [-0.39, 0.29) is 11.3 Å². The number of carbonyl (C=O) groups is 1. The Labute approximate surface area is 68.7 Å². The zero-order valence-electron chi connectivity index (χ0n) is 7.99. The second kappa shape index (κ2) is 3.56. The monoisotopic (exact) mass is 155 g/mol. The highest BCUT2D eigenvalue weighted by molar-refractivity contribution is 5.83. The van der Waals surface area contributed by atoms with E-state index in [1.165, 1.54) is 5.57 Å². The molecule has 0 spiro atoms. The zero-order chi connectivity index (χ0) is 9.07. The molecule has 0 rings (SSSR count). The molecule has 0 atom stereocenters. The Morgan fingerprint density at radius 3 is 2.09 bits per heavy atom. The summed E-state index contributed by atoms with van der Waals surface area (Å²) < 4.78 is 0. The fourth-order valence-corrected chi connectivity index (χ4v) is 1.11. The minimum absolute atomic E-state index is 0.0544. The first-order valence-corrected chi connectivity index (χ1v) is 3.78. The Morgan fingerprint density at radius 1 is 1.36 bits per heavy atom. The molecule has 0 aromatic rings. The first-order chi connectivity index (χ1) is 4.90. The lowest BCUT2D eigenvalue weighted by Gasteiger charge is -2.18. The smallest absolute Gasteiger partial charge is 0.229 e. The molecule has 0 saturated carbocycles. The fraction of sp³-hybridized carbons (Fsp3) is 0.667. The molecule has 1 N–H and O–H groups in total. The standard InChI is InChI=1S/C9H17NO/c1-7(2)6-9(3,4)8(11)10-5/h6H,1-5H3,(H,10,11). The van der Waals surface area contributed by atoms with Gasteiger partial charge in [0.25, 0.3) is 0 Å². The molecule has 0 unspecified atom stereocenters. The molecule has 11 heavy (non-hydrogen) atoms. The van der Waals surface area contributed by atoms with Gasteiger partial charge in [-0.15, -0.1) is 0 Å². The van der Waals surface area contributed by atoms with Gasteiger partial charge < -0.3 is 5.32 Å². The highest BCUT2D eigenvalue weighted by atomic mass is 16.2. The third-order valence-corrected chi connectivity index (χ3v) is 1.46. The van der Waals surface area contributed by atoms with E-state index in [0.717, 1.165) is 0 Å². The SMILES string of the molecule is CNC(=O)C(C)(C)C=C(C)C. The van der Waals surface area contributed by atoms with Gasteiger partial charge in [0.15, 0.2) is 0 Å². The van der Waals surface area contributed by atoms with Gasteiger partial charge in [0.1, 0.15) is 0 Å². The quantitative estimate of drug-likeness (QED) is 0.604. The van der Waals surface area contributed by atoms with Crippen LogP contribution in [-0.4, -0.2) is 13.0 Å². The summed E-state index contributed by atoms with van der Waals surface area (Å²) in [6.07, 6.45) is 1.96. The average Bonchev–Trinajstić information content (AvgIpc) is 1.83. The molecule has 0 aliphatic carbocycles.